The Morgan fingerprint density at radius 2 is 1.79 bits per heavy atom. The lowest BCUT2D eigenvalue weighted by Crippen LogP contribution is -2.50. The van der Waals surface area contributed by atoms with Gasteiger partial charge in [-0.3, -0.25) is 0 Å². The molecule has 1 aliphatic heterocycles. The van der Waals surface area contributed by atoms with Crippen molar-refractivity contribution in [2.75, 3.05) is 19.7 Å². The number of hydrogen-bond donors (Lipinski definition) is 2. The molecule has 0 radical (unpaired) electrons. The Labute approximate surface area is 120 Å². The summed E-state index contributed by atoms with van der Waals surface area (Å²) in [5.74, 6) is 0. The second-order valence-corrected chi connectivity index (χ2v) is 12.8. The van der Waals surface area contributed by atoms with Crippen molar-refractivity contribution in [1.82, 2.24) is 10.6 Å². The summed E-state index contributed by atoms with van der Waals surface area (Å²) in [5.41, 5.74) is 0.317. The van der Waals surface area contributed by atoms with Crippen LogP contribution < -0.4 is 10.6 Å². The fourth-order valence-corrected chi connectivity index (χ4v) is 3.49. The molecule has 0 bridgehead atoms. The third kappa shape index (κ3) is 4.03. The zero-order valence-corrected chi connectivity index (χ0v) is 14.4. The topological polar surface area (TPSA) is 33.3 Å². The summed E-state index contributed by atoms with van der Waals surface area (Å²) >= 11 is 0. The molecule has 0 aromatic heterocycles. The molecular weight excluding hydrogens is 252 g/mol. The first-order chi connectivity index (χ1) is 8.74. The molecule has 0 unspecified atom stereocenters. The highest BCUT2D eigenvalue weighted by Crippen LogP contribution is 2.41. The fourth-order valence-electron chi connectivity index (χ4n) is 2.42. The van der Waals surface area contributed by atoms with Crippen LogP contribution in [0.4, 0.5) is 0 Å². The van der Waals surface area contributed by atoms with Gasteiger partial charge in [-0.1, -0.05) is 20.8 Å². The quantitative estimate of drug-likeness (QED) is 0.762. The van der Waals surface area contributed by atoms with E-state index in [1.54, 1.807) is 0 Å². The summed E-state index contributed by atoms with van der Waals surface area (Å²) in [7, 11) is -1.59. The molecule has 0 aromatic rings. The zero-order valence-electron chi connectivity index (χ0n) is 13.4. The molecule has 2 aliphatic rings. The van der Waals surface area contributed by atoms with Gasteiger partial charge < -0.3 is 15.1 Å². The molecule has 19 heavy (non-hydrogen) atoms. The van der Waals surface area contributed by atoms with Crippen LogP contribution in [0, 0.1) is 0 Å². The van der Waals surface area contributed by atoms with E-state index in [1.165, 1.54) is 25.7 Å². The minimum atomic E-state index is -1.59. The lowest BCUT2D eigenvalue weighted by Gasteiger charge is -2.38. The Morgan fingerprint density at radius 1 is 1.21 bits per heavy atom. The van der Waals surface area contributed by atoms with Gasteiger partial charge in [0.25, 0.3) is 0 Å². The maximum atomic E-state index is 6.42. The predicted octanol–water partition coefficient (Wildman–Crippen LogP) is 2.88. The first-order valence-corrected chi connectivity index (χ1v) is 10.8. The Balaban J connectivity index is 1.81. The van der Waals surface area contributed by atoms with Crippen molar-refractivity contribution in [2.24, 2.45) is 0 Å². The van der Waals surface area contributed by atoms with Crippen molar-refractivity contribution in [3.63, 3.8) is 0 Å². The smallest absolute Gasteiger partial charge is 0.192 e. The molecule has 1 saturated heterocycles. The largest absolute Gasteiger partial charge is 0.415 e. The molecule has 0 spiro atoms. The molecule has 2 rings (SSSR count). The maximum Gasteiger partial charge on any atom is 0.192 e. The first kappa shape index (κ1) is 15.5. The van der Waals surface area contributed by atoms with Crippen molar-refractivity contribution in [1.29, 1.82) is 0 Å². The minimum absolute atomic E-state index is 0.317. The Hall–Kier alpha value is 0.0969. The van der Waals surface area contributed by atoms with Crippen molar-refractivity contribution >= 4 is 8.32 Å². The molecule has 1 aliphatic carbocycles. The third-order valence-corrected chi connectivity index (χ3v) is 9.70. The van der Waals surface area contributed by atoms with E-state index >= 15 is 0 Å². The first-order valence-electron chi connectivity index (χ1n) is 7.87. The van der Waals surface area contributed by atoms with Gasteiger partial charge in [-0.25, -0.2) is 0 Å². The van der Waals surface area contributed by atoms with Crippen LogP contribution in [0.2, 0.25) is 18.1 Å². The van der Waals surface area contributed by atoms with Gasteiger partial charge in [0.2, 0.25) is 0 Å². The normalized spacial score (nSPS) is 24.5. The van der Waals surface area contributed by atoms with Gasteiger partial charge in [-0.15, -0.1) is 0 Å². The van der Waals surface area contributed by atoms with Crippen LogP contribution in [0.15, 0.2) is 0 Å². The third-order valence-electron chi connectivity index (χ3n) is 5.22. The van der Waals surface area contributed by atoms with E-state index in [1.807, 2.05) is 0 Å². The molecule has 2 fully saturated rings. The van der Waals surface area contributed by atoms with Crippen LogP contribution >= 0.6 is 0 Å². The molecular formula is C15H32N2OSi. The predicted molar refractivity (Wildman–Crippen MR) is 84.1 cm³/mol. The van der Waals surface area contributed by atoms with Crippen molar-refractivity contribution in [3.05, 3.63) is 0 Å². The fraction of sp³-hybridized carbons (Fsp3) is 1.00. The molecule has 3 nitrogen and oxygen atoms in total. The van der Waals surface area contributed by atoms with Gasteiger partial charge in [0.15, 0.2) is 8.32 Å². The summed E-state index contributed by atoms with van der Waals surface area (Å²) in [4.78, 5) is 0. The van der Waals surface area contributed by atoms with Crippen molar-refractivity contribution in [3.8, 4) is 0 Å². The highest BCUT2D eigenvalue weighted by atomic mass is 28.4. The summed E-state index contributed by atoms with van der Waals surface area (Å²) < 4.78 is 6.42. The highest BCUT2D eigenvalue weighted by Gasteiger charge is 2.47. The maximum absolute atomic E-state index is 6.42. The highest BCUT2D eigenvalue weighted by molar-refractivity contribution is 6.74. The SMILES string of the molecule is CC(C)(C)[Si](C)(C)OCC1(NC2CCNCC2)CC1. The van der Waals surface area contributed by atoms with Crippen LogP contribution in [0.3, 0.4) is 0 Å². The van der Waals surface area contributed by atoms with Crippen molar-refractivity contribution in [2.45, 2.75) is 76.2 Å². The average molecular weight is 285 g/mol. The molecule has 4 heteroatoms. The Morgan fingerprint density at radius 3 is 2.26 bits per heavy atom. The van der Waals surface area contributed by atoms with Crippen molar-refractivity contribution < 1.29 is 4.43 Å². The summed E-state index contributed by atoms with van der Waals surface area (Å²) in [6.45, 7) is 14.9. The van der Waals surface area contributed by atoms with Gasteiger partial charge in [-0.2, -0.15) is 0 Å². The molecule has 0 amide bonds. The van der Waals surface area contributed by atoms with E-state index in [-0.39, 0.29) is 0 Å². The van der Waals surface area contributed by atoms with Crippen LogP contribution in [0.25, 0.3) is 0 Å². The van der Waals surface area contributed by atoms with Crippen LogP contribution in [-0.4, -0.2) is 39.6 Å². The zero-order chi connectivity index (χ0) is 14.1. The molecule has 0 atom stereocenters. The van der Waals surface area contributed by atoms with E-state index < -0.39 is 8.32 Å². The number of hydrogen-bond acceptors (Lipinski definition) is 3. The molecule has 112 valence electrons. The van der Waals surface area contributed by atoms with E-state index in [0.717, 1.165) is 19.7 Å². The second-order valence-electron chi connectivity index (χ2n) is 8.00. The molecule has 1 heterocycles. The number of rotatable bonds is 5. The van der Waals surface area contributed by atoms with E-state index in [2.05, 4.69) is 44.5 Å². The summed E-state index contributed by atoms with van der Waals surface area (Å²) in [5, 5.41) is 7.64. The van der Waals surface area contributed by atoms with Crippen LogP contribution in [0.1, 0.15) is 46.5 Å². The minimum Gasteiger partial charge on any atom is -0.415 e. The lowest BCUT2D eigenvalue weighted by atomic mass is 10.1. The molecule has 0 aromatic carbocycles. The lowest BCUT2D eigenvalue weighted by molar-refractivity contribution is 0.210. The van der Waals surface area contributed by atoms with Crippen LogP contribution in [-0.2, 0) is 4.43 Å². The van der Waals surface area contributed by atoms with Gasteiger partial charge in [0.1, 0.15) is 0 Å². The molecule has 1 saturated carbocycles. The number of piperidine rings is 1. The summed E-state index contributed by atoms with van der Waals surface area (Å²) in [6, 6.07) is 0.701. The van der Waals surface area contributed by atoms with Gasteiger partial charge in [0.05, 0.1) is 6.61 Å². The Kier molecular flexibility index (Phi) is 4.46. The van der Waals surface area contributed by atoms with E-state index in [9.17, 15) is 0 Å². The van der Waals surface area contributed by atoms with Gasteiger partial charge in [-0.05, 0) is 56.9 Å². The van der Waals surface area contributed by atoms with Crippen LogP contribution in [0.5, 0.6) is 0 Å². The molecule has 2 N–H and O–H groups in total. The summed E-state index contributed by atoms with van der Waals surface area (Å²) in [6.07, 6.45) is 5.13. The average Bonchev–Trinajstić information content (AvgIpc) is 3.07. The van der Waals surface area contributed by atoms with Gasteiger partial charge >= 0.3 is 0 Å². The van der Waals surface area contributed by atoms with E-state index in [0.29, 0.717) is 16.6 Å². The monoisotopic (exact) mass is 284 g/mol. The van der Waals surface area contributed by atoms with E-state index in [4.69, 9.17) is 4.43 Å². The second kappa shape index (κ2) is 5.47. The standard InChI is InChI=1S/C15H32N2OSi/c1-14(2,3)19(4,5)18-12-15(8-9-15)17-13-6-10-16-11-7-13/h13,16-17H,6-12H2,1-5H3. The van der Waals surface area contributed by atoms with Gasteiger partial charge in [0, 0.05) is 11.6 Å². The number of nitrogens with one attached hydrogen (secondary N) is 2. The Bertz CT molecular complexity index is 302.